The summed E-state index contributed by atoms with van der Waals surface area (Å²) in [6, 6.07) is 23.3. The molecule has 1 heterocycles. The molecule has 0 atom stereocenters. The summed E-state index contributed by atoms with van der Waals surface area (Å²) in [5.41, 5.74) is 5.28. The first-order chi connectivity index (χ1) is 17.6. The first kappa shape index (κ1) is 25.1. The summed E-state index contributed by atoms with van der Waals surface area (Å²) >= 11 is 0. The molecule has 0 spiro atoms. The standard InChI is InChI=1S/C30H32BNO5/c1-29(2)30(3,4)37-31(36-29)21(17-20-13-15-22(33)16-14-20)18-32-28(34)35-19-27-25-11-7-5-9-23(25)24-10-6-8-12-26(24)27/h5-17,27,33H,18-19H2,1-4H3,(H,32,34). The summed E-state index contributed by atoms with van der Waals surface area (Å²) in [4.78, 5) is 12.8. The Bertz CT molecular complexity index is 1270. The molecule has 1 saturated heterocycles. The van der Waals surface area contributed by atoms with Crippen LogP contribution in [0.25, 0.3) is 17.2 Å². The van der Waals surface area contributed by atoms with Gasteiger partial charge in [-0.3, -0.25) is 0 Å². The third kappa shape index (κ3) is 5.02. The summed E-state index contributed by atoms with van der Waals surface area (Å²) in [6.07, 6.45) is 1.40. The first-order valence-electron chi connectivity index (χ1n) is 12.6. The second-order valence-corrected chi connectivity index (χ2v) is 10.6. The number of alkyl carbamates (subject to hydrolysis) is 1. The van der Waals surface area contributed by atoms with Gasteiger partial charge < -0.3 is 24.5 Å². The molecule has 2 N–H and O–H groups in total. The molecule has 1 fully saturated rings. The summed E-state index contributed by atoms with van der Waals surface area (Å²) in [7, 11) is -0.632. The monoisotopic (exact) mass is 497 g/mol. The molecule has 0 radical (unpaired) electrons. The molecule has 0 bridgehead atoms. The minimum Gasteiger partial charge on any atom is -0.508 e. The van der Waals surface area contributed by atoms with Crippen LogP contribution in [0.1, 0.15) is 50.3 Å². The number of fused-ring (bicyclic) bond motifs is 3. The van der Waals surface area contributed by atoms with Crippen LogP contribution < -0.4 is 5.32 Å². The van der Waals surface area contributed by atoms with E-state index in [4.69, 9.17) is 14.0 Å². The molecule has 5 rings (SSSR count). The van der Waals surface area contributed by atoms with E-state index in [2.05, 4.69) is 29.6 Å². The van der Waals surface area contributed by atoms with Gasteiger partial charge in [-0.15, -0.1) is 0 Å². The molecule has 3 aromatic carbocycles. The molecule has 3 aromatic rings. The number of rotatable bonds is 6. The first-order valence-corrected chi connectivity index (χ1v) is 12.6. The topological polar surface area (TPSA) is 77.0 Å². The highest BCUT2D eigenvalue weighted by Crippen LogP contribution is 2.44. The van der Waals surface area contributed by atoms with Crippen LogP contribution in [0.4, 0.5) is 4.79 Å². The maximum absolute atomic E-state index is 12.8. The van der Waals surface area contributed by atoms with Gasteiger partial charge in [-0.25, -0.2) is 4.79 Å². The van der Waals surface area contributed by atoms with Crippen molar-refractivity contribution < 1.29 is 23.9 Å². The lowest BCUT2D eigenvalue weighted by atomic mass is 9.77. The molecule has 6 nitrogen and oxygen atoms in total. The van der Waals surface area contributed by atoms with Crippen molar-refractivity contribution in [3.05, 3.63) is 95.0 Å². The van der Waals surface area contributed by atoms with Gasteiger partial charge in [0.05, 0.1) is 11.2 Å². The number of carbonyl (C=O) groups is 1. The quantitative estimate of drug-likeness (QED) is 0.412. The van der Waals surface area contributed by atoms with Gasteiger partial charge in [0.1, 0.15) is 12.4 Å². The maximum Gasteiger partial charge on any atom is 0.492 e. The minimum atomic E-state index is -0.632. The van der Waals surface area contributed by atoms with Gasteiger partial charge in [0.15, 0.2) is 0 Å². The third-order valence-corrected chi connectivity index (χ3v) is 7.58. The van der Waals surface area contributed by atoms with Gasteiger partial charge in [-0.2, -0.15) is 0 Å². The van der Waals surface area contributed by atoms with E-state index in [0.29, 0.717) is 0 Å². The van der Waals surface area contributed by atoms with Crippen LogP contribution >= 0.6 is 0 Å². The zero-order chi connectivity index (χ0) is 26.2. The van der Waals surface area contributed by atoms with Crippen molar-refractivity contribution in [2.75, 3.05) is 13.2 Å². The van der Waals surface area contributed by atoms with E-state index in [1.54, 1.807) is 24.3 Å². The number of phenols is 1. The smallest absolute Gasteiger partial charge is 0.492 e. The Kier molecular flexibility index (Phi) is 6.60. The molecule has 190 valence electrons. The minimum absolute atomic E-state index is 0.00624. The van der Waals surface area contributed by atoms with Crippen LogP contribution in [-0.2, 0) is 14.0 Å². The van der Waals surface area contributed by atoms with Gasteiger partial charge in [0, 0.05) is 12.5 Å². The predicted octanol–water partition coefficient (Wildman–Crippen LogP) is 5.95. The number of aromatic hydroxyl groups is 1. The second kappa shape index (κ2) is 9.73. The van der Waals surface area contributed by atoms with Gasteiger partial charge in [-0.05, 0) is 73.1 Å². The normalized spacial score (nSPS) is 17.8. The van der Waals surface area contributed by atoms with E-state index < -0.39 is 24.4 Å². The highest BCUT2D eigenvalue weighted by molar-refractivity contribution is 6.56. The summed E-state index contributed by atoms with van der Waals surface area (Å²) in [5.74, 6) is 0.180. The predicted molar refractivity (Wildman–Crippen MR) is 145 cm³/mol. The molecule has 7 heteroatoms. The van der Waals surface area contributed by atoms with E-state index in [9.17, 15) is 9.90 Å². The zero-order valence-electron chi connectivity index (χ0n) is 21.7. The number of benzene rings is 3. The van der Waals surface area contributed by atoms with E-state index in [0.717, 1.165) is 11.0 Å². The molecular formula is C30H32BNO5. The van der Waals surface area contributed by atoms with Crippen LogP contribution in [0, 0.1) is 0 Å². The van der Waals surface area contributed by atoms with E-state index in [-0.39, 0.29) is 24.8 Å². The average Bonchev–Trinajstić information content (AvgIpc) is 3.30. The Morgan fingerprint density at radius 1 is 0.919 bits per heavy atom. The molecule has 1 amide bonds. The number of phenolic OH excluding ortho intramolecular Hbond substituents is 1. The highest BCUT2D eigenvalue weighted by Gasteiger charge is 2.52. The Hall–Kier alpha value is -3.55. The van der Waals surface area contributed by atoms with Crippen molar-refractivity contribution in [1.82, 2.24) is 5.32 Å². The highest BCUT2D eigenvalue weighted by atomic mass is 16.7. The lowest BCUT2D eigenvalue weighted by molar-refractivity contribution is 0.00578. The van der Waals surface area contributed by atoms with Crippen LogP contribution in [-0.4, -0.2) is 42.7 Å². The van der Waals surface area contributed by atoms with Crippen molar-refractivity contribution in [3.63, 3.8) is 0 Å². The van der Waals surface area contributed by atoms with Crippen LogP contribution in [0.3, 0.4) is 0 Å². The van der Waals surface area contributed by atoms with Crippen molar-refractivity contribution >= 4 is 19.3 Å². The van der Waals surface area contributed by atoms with Gasteiger partial charge in [0.2, 0.25) is 0 Å². The van der Waals surface area contributed by atoms with Crippen molar-refractivity contribution in [2.24, 2.45) is 0 Å². The van der Waals surface area contributed by atoms with E-state index in [1.807, 2.05) is 58.0 Å². The fraction of sp³-hybridized carbons (Fsp3) is 0.300. The summed E-state index contributed by atoms with van der Waals surface area (Å²) in [5, 5.41) is 12.5. The number of amides is 1. The lowest BCUT2D eigenvalue weighted by Crippen LogP contribution is -2.41. The molecular weight excluding hydrogens is 465 g/mol. The Labute approximate surface area is 218 Å². The number of carbonyl (C=O) groups excluding carboxylic acids is 1. The fourth-order valence-electron chi connectivity index (χ4n) is 4.81. The molecule has 37 heavy (non-hydrogen) atoms. The van der Waals surface area contributed by atoms with Gasteiger partial charge in [-0.1, -0.05) is 66.7 Å². The Balaban J connectivity index is 1.29. The Morgan fingerprint density at radius 3 is 2.03 bits per heavy atom. The van der Waals surface area contributed by atoms with E-state index >= 15 is 0 Å². The number of hydrogen-bond acceptors (Lipinski definition) is 5. The second-order valence-electron chi connectivity index (χ2n) is 10.6. The van der Waals surface area contributed by atoms with Crippen molar-refractivity contribution in [3.8, 4) is 16.9 Å². The summed E-state index contributed by atoms with van der Waals surface area (Å²) < 4.78 is 18.2. The fourth-order valence-corrected chi connectivity index (χ4v) is 4.81. The molecule has 0 saturated carbocycles. The lowest BCUT2D eigenvalue weighted by Gasteiger charge is -2.32. The number of ether oxygens (including phenoxy) is 1. The SMILES string of the molecule is CC1(C)OB(C(=Cc2ccc(O)cc2)CNC(=O)OCC2c3ccccc3-c3ccccc32)OC1(C)C. The average molecular weight is 497 g/mol. The molecule has 0 unspecified atom stereocenters. The molecule has 1 aliphatic heterocycles. The zero-order valence-corrected chi connectivity index (χ0v) is 21.7. The van der Waals surface area contributed by atoms with Crippen molar-refractivity contribution in [2.45, 2.75) is 44.8 Å². The van der Waals surface area contributed by atoms with Gasteiger partial charge in [0.25, 0.3) is 0 Å². The van der Waals surface area contributed by atoms with Crippen molar-refractivity contribution in [1.29, 1.82) is 0 Å². The molecule has 2 aliphatic rings. The largest absolute Gasteiger partial charge is 0.508 e. The summed E-state index contributed by atoms with van der Waals surface area (Å²) in [6.45, 7) is 8.39. The van der Waals surface area contributed by atoms with Gasteiger partial charge >= 0.3 is 13.2 Å². The van der Waals surface area contributed by atoms with E-state index in [1.165, 1.54) is 22.3 Å². The van der Waals surface area contributed by atoms with Crippen LogP contribution in [0.15, 0.2) is 78.3 Å². The third-order valence-electron chi connectivity index (χ3n) is 7.58. The number of nitrogens with one attached hydrogen (secondary N) is 1. The van der Waals surface area contributed by atoms with Crippen LogP contribution in [0.5, 0.6) is 5.75 Å². The number of hydrogen-bond donors (Lipinski definition) is 2. The molecule has 1 aliphatic carbocycles. The maximum atomic E-state index is 12.8. The molecule has 0 aromatic heterocycles. The van der Waals surface area contributed by atoms with Crippen LogP contribution in [0.2, 0.25) is 0 Å². The Morgan fingerprint density at radius 2 is 1.46 bits per heavy atom.